The predicted octanol–water partition coefficient (Wildman–Crippen LogP) is 0.860. The average Bonchev–Trinajstić information content (AvgIpc) is 2.72. The SMILES string of the molecule is Cc1nn(C)c(C)c1C(=O)NCC(O)CN1CCC(C)CC1. The molecule has 6 heteroatoms. The number of carbonyl (C=O) groups excluding carboxylic acids is 1. The number of piperidine rings is 1. The maximum atomic E-state index is 12.3. The minimum Gasteiger partial charge on any atom is -0.390 e. The number of likely N-dealkylation sites (tertiary alicyclic amines) is 1. The van der Waals surface area contributed by atoms with Gasteiger partial charge in [-0.1, -0.05) is 6.92 Å². The van der Waals surface area contributed by atoms with Crippen LogP contribution in [0.3, 0.4) is 0 Å². The van der Waals surface area contributed by atoms with Crippen LogP contribution >= 0.6 is 0 Å². The van der Waals surface area contributed by atoms with E-state index in [0.29, 0.717) is 12.1 Å². The normalized spacial score (nSPS) is 18.4. The summed E-state index contributed by atoms with van der Waals surface area (Å²) in [5.41, 5.74) is 2.17. The molecule has 2 rings (SSSR count). The molecule has 0 spiro atoms. The molecule has 1 aliphatic rings. The quantitative estimate of drug-likeness (QED) is 0.846. The topological polar surface area (TPSA) is 70.4 Å². The van der Waals surface area contributed by atoms with E-state index in [2.05, 4.69) is 22.2 Å². The predicted molar refractivity (Wildman–Crippen MR) is 85.9 cm³/mol. The zero-order valence-electron chi connectivity index (χ0n) is 14.1. The van der Waals surface area contributed by atoms with Gasteiger partial charge < -0.3 is 15.3 Å². The second kappa shape index (κ2) is 7.24. The molecular weight excluding hydrogens is 280 g/mol. The van der Waals surface area contributed by atoms with Crippen molar-refractivity contribution < 1.29 is 9.90 Å². The van der Waals surface area contributed by atoms with E-state index >= 15 is 0 Å². The molecule has 1 unspecified atom stereocenters. The number of aryl methyl sites for hydroxylation is 2. The number of aliphatic hydroxyl groups is 1. The second-order valence-corrected chi connectivity index (χ2v) is 6.52. The van der Waals surface area contributed by atoms with Gasteiger partial charge in [-0.05, 0) is 45.7 Å². The van der Waals surface area contributed by atoms with Crippen LogP contribution in [0.25, 0.3) is 0 Å². The lowest BCUT2D eigenvalue weighted by molar-refractivity contribution is 0.0794. The van der Waals surface area contributed by atoms with Gasteiger partial charge in [-0.25, -0.2) is 0 Å². The highest BCUT2D eigenvalue weighted by atomic mass is 16.3. The average molecular weight is 308 g/mol. The summed E-state index contributed by atoms with van der Waals surface area (Å²) in [7, 11) is 1.82. The summed E-state index contributed by atoms with van der Waals surface area (Å²) in [6.07, 6.45) is 1.84. The Bertz CT molecular complexity index is 518. The lowest BCUT2D eigenvalue weighted by atomic mass is 9.99. The molecule has 1 fully saturated rings. The number of nitrogens with one attached hydrogen (secondary N) is 1. The number of carbonyl (C=O) groups is 1. The minimum absolute atomic E-state index is 0.158. The zero-order chi connectivity index (χ0) is 16.3. The molecule has 0 radical (unpaired) electrons. The van der Waals surface area contributed by atoms with Crippen LogP contribution in [-0.4, -0.2) is 58.0 Å². The van der Waals surface area contributed by atoms with Gasteiger partial charge in [-0.15, -0.1) is 0 Å². The molecule has 1 aromatic rings. The molecule has 6 nitrogen and oxygen atoms in total. The van der Waals surface area contributed by atoms with E-state index in [0.717, 1.165) is 30.4 Å². The third-order valence-corrected chi connectivity index (χ3v) is 4.58. The first kappa shape index (κ1) is 17.0. The molecule has 0 saturated carbocycles. The van der Waals surface area contributed by atoms with Gasteiger partial charge in [0.15, 0.2) is 0 Å². The monoisotopic (exact) mass is 308 g/mol. The van der Waals surface area contributed by atoms with Crippen molar-refractivity contribution in [1.82, 2.24) is 20.0 Å². The van der Waals surface area contributed by atoms with Crippen molar-refractivity contribution in [2.24, 2.45) is 13.0 Å². The van der Waals surface area contributed by atoms with E-state index in [1.54, 1.807) is 4.68 Å². The number of nitrogens with zero attached hydrogens (tertiary/aromatic N) is 3. The molecule has 22 heavy (non-hydrogen) atoms. The van der Waals surface area contributed by atoms with E-state index in [4.69, 9.17) is 0 Å². The Labute approximate surface area is 132 Å². The lowest BCUT2D eigenvalue weighted by Gasteiger charge is -2.31. The summed E-state index contributed by atoms with van der Waals surface area (Å²) in [6.45, 7) is 8.94. The fraction of sp³-hybridized carbons (Fsp3) is 0.750. The smallest absolute Gasteiger partial charge is 0.255 e. The fourth-order valence-corrected chi connectivity index (χ4v) is 3.01. The van der Waals surface area contributed by atoms with Gasteiger partial charge in [-0.3, -0.25) is 9.48 Å². The highest BCUT2D eigenvalue weighted by molar-refractivity contribution is 5.96. The van der Waals surface area contributed by atoms with E-state index in [1.807, 2.05) is 20.9 Å². The fourth-order valence-electron chi connectivity index (χ4n) is 3.01. The number of amides is 1. The highest BCUT2D eigenvalue weighted by Gasteiger charge is 2.20. The van der Waals surface area contributed by atoms with Crippen molar-refractivity contribution in [1.29, 1.82) is 0 Å². The number of aliphatic hydroxyl groups excluding tert-OH is 1. The van der Waals surface area contributed by atoms with Gasteiger partial charge in [0.05, 0.1) is 17.4 Å². The van der Waals surface area contributed by atoms with E-state index in [9.17, 15) is 9.90 Å². The molecule has 0 aliphatic carbocycles. The Morgan fingerprint density at radius 1 is 1.41 bits per heavy atom. The molecular formula is C16H28N4O2. The molecule has 124 valence electrons. The Kier molecular flexibility index (Phi) is 5.58. The largest absolute Gasteiger partial charge is 0.390 e. The second-order valence-electron chi connectivity index (χ2n) is 6.52. The summed E-state index contributed by atoms with van der Waals surface area (Å²) >= 11 is 0. The van der Waals surface area contributed by atoms with E-state index < -0.39 is 6.10 Å². The number of rotatable bonds is 5. The number of β-amino-alcohol motifs (C(OH)–C–C–N with tert-alkyl or cyclic N) is 1. The summed E-state index contributed by atoms with van der Waals surface area (Å²) in [4.78, 5) is 14.5. The third-order valence-electron chi connectivity index (χ3n) is 4.58. The molecule has 1 aliphatic heterocycles. The minimum atomic E-state index is -0.533. The Hall–Kier alpha value is -1.40. The summed E-state index contributed by atoms with van der Waals surface area (Å²) < 4.78 is 1.70. The zero-order valence-corrected chi connectivity index (χ0v) is 14.1. The van der Waals surface area contributed by atoms with Crippen LogP contribution in [0.4, 0.5) is 0 Å². The van der Waals surface area contributed by atoms with Crippen LogP contribution in [0, 0.1) is 19.8 Å². The molecule has 1 aromatic heterocycles. The van der Waals surface area contributed by atoms with Crippen LogP contribution in [0.15, 0.2) is 0 Å². The lowest BCUT2D eigenvalue weighted by Crippen LogP contribution is -2.43. The molecule has 0 bridgehead atoms. The van der Waals surface area contributed by atoms with Crippen molar-refractivity contribution >= 4 is 5.91 Å². The number of hydrogen-bond acceptors (Lipinski definition) is 4. The standard InChI is InChI=1S/C16H28N4O2/c1-11-5-7-20(8-6-11)10-14(21)9-17-16(22)15-12(2)18-19(4)13(15)3/h11,14,21H,5-10H2,1-4H3,(H,17,22). The Balaban J connectivity index is 1.80. The first-order valence-electron chi connectivity index (χ1n) is 8.07. The highest BCUT2D eigenvalue weighted by Crippen LogP contribution is 2.16. The molecule has 0 aromatic carbocycles. The van der Waals surface area contributed by atoms with Crippen LogP contribution in [-0.2, 0) is 7.05 Å². The maximum Gasteiger partial charge on any atom is 0.255 e. The van der Waals surface area contributed by atoms with Gasteiger partial charge in [0.2, 0.25) is 0 Å². The van der Waals surface area contributed by atoms with Gasteiger partial charge in [-0.2, -0.15) is 5.10 Å². The van der Waals surface area contributed by atoms with Crippen molar-refractivity contribution in [2.75, 3.05) is 26.2 Å². The molecule has 1 amide bonds. The summed E-state index contributed by atoms with van der Waals surface area (Å²) in [5, 5.41) is 17.2. The van der Waals surface area contributed by atoms with Crippen molar-refractivity contribution in [3.8, 4) is 0 Å². The maximum absolute atomic E-state index is 12.3. The summed E-state index contributed by atoms with van der Waals surface area (Å²) in [5.74, 6) is 0.624. The van der Waals surface area contributed by atoms with Gasteiger partial charge in [0.25, 0.3) is 5.91 Å². The molecule has 1 saturated heterocycles. The van der Waals surface area contributed by atoms with Crippen LogP contribution in [0.5, 0.6) is 0 Å². The van der Waals surface area contributed by atoms with E-state index in [1.165, 1.54) is 12.8 Å². The van der Waals surface area contributed by atoms with Crippen molar-refractivity contribution in [3.05, 3.63) is 17.0 Å². The van der Waals surface area contributed by atoms with Gasteiger partial charge >= 0.3 is 0 Å². The van der Waals surface area contributed by atoms with Gasteiger partial charge in [0, 0.05) is 25.8 Å². The first-order chi connectivity index (χ1) is 10.4. The van der Waals surface area contributed by atoms with Crippen LogP contribution in [0.1, 0.15) is 41.5 Å². The number of hydrogen-bond donors (Lipinski definition) is 2. The molecule has 2 N–H and O–H groups in total. The Morgan fingerprint density at radius 2 is 2.05 bits per heavy atom. The number of aromatic nitrogens is 2. The van der Waals surface area contributed by atoms with Gasteiger partial charge in [0.1, 0.15) is 0 Å². The van der Waals surface area contributed by atoms with Crippen molar-refractivity contribution in [2.45, 2.75) is 39.7 Å². The van der Waals surface area contributed by atoms with E-state index in [-0.39, 0.29) is 12.5 Å². The molecule has 1 atom stereocenters. The van der Waals surface area contributed by atoms with Crippen LogP contribution < -0.4 is 5.32 Å². The molecule has 2 heterocycles. The van der Waals surface area contributed by atoms with Crippen molar-refractivity contribution in [3.63, 3.8) is 0 Å². The third kappa shape index (κ3) is 4.08. The Morgan fingerprint density at radius 3 is 2.59 bits per heavy atom. The first-order valence-corrected chi connectivity index (χ1v) is 8.07. The van der Waals surface area contributed by atoms with Crippen LogP contribution in [0.2, 0.25) is 0 Å². The summed E-state index contributed by atoms with van der Waals surface area (Å²) in [6, 6.07) is 0.